The minimum atomic E-state index is -0.232. The van der Waals surface area contributed by atoms with E-state index in [9.17, 15) is 14.4 Å². The third kappa shape index (κ3) is 6.66. The SMILES string of the molecule is CCCN(CCC(=O)N1CCCC(C(=O)OCC)C1)C(=O)Cc1ccccc1. The van der Waals surface area contributed by atoms with Crippen LogP contribution >= 0.6 is 0 Å². The van der Waals surface area contributed by atoms with E-state index in [2.05, 4.69) is 0 Å². The molecule has 2 amide bonds. The van der Waals surface area contributed by atoms with Crippen LogP contribution in [0.1, 0.15) is 45.1 Å². The van der Waals surface area contributed by atoms with E-state index in [-0.39, 0.29) is 30.1 Å². The summed E-state index contributed by atoms with van der Waals surface area (Å²) in [4.78, 5) is 40.8. The number of benzene rings is 1. The second-order valence-corrected chi connectivity index (χ2v) is 7.22. The fourth-order valence-corrected chi connectivity index (χ4v) is 3.56. The number of hydrogen-bond donors (Lipinski definition) is 0. The number of esters is 1. The maximum atomic E-state index is 12.6. The van der Waals surface area contributed by atoms with E-state index in [1.54, 1.807) is 16.7 Å². The van der Waals surface area contributed by atoms with Gasteiger partial charge in [-0.25, -0.2) is 0 Å². The monoisotopic (exact) mass is 388 g/mol. The van der Waals surface area contributed by atoms with Crippen LogP contribution in [0.15, 0.2) is 30.3 Å². The molecule has 1 aromatic carbocycles. The summed E-state index contributed by atoms with van der Waals surface area (Å²) in [5.41, 5.74) is 0.980. The van der Waals surface area contributed by atoms with E-state index in [0.717, 1.165) is 24.8 Å². The van der Waals surface area contributed by atoms with Gasteiger partial charge < -0.3 is 14.5 Å². The normalized spacial score (nSPS) is 16.5. The van der Waals surface area contributed by atoms with Crippen molar-refractivity contribution >= 4 is 17.8 Å². The van der Waals surface area contributed by atoms with E-state index in [1.807, 2.05) is 37.3 Å². The highest BCUT2D eigenvalue weighted by Gasteiger charge is 2.29. The topological polar surface area (TPSA) is 66.9 Å². The molecule has 0 aliphatic carbocycles. The van der Waals surface area contributed by atoms with Gasteiger partial charge in [-0.1, -0.05) is 37.3 Å². The largest absolute Gasteiger partial charge is 0.466 e. The fraction of sp³-hybridized carbons (Fsp3) is 0.591. The lowest BCUT2D eigenvalue weighted by Gasteiger charge is -2.32. The quantitative estimate of drug-likeness (QED) is 0.610. The van der Waals surface area contributed by atoms with Gasteiger partial charge in [-0.05, 0) is 31.7 Å². The number of carbonyl (C=O) groups is 3. The van der Waals surface area contributed by atoms with Gasteiger partial charge in [0.2, 0.25) is 11.8 Å². The highest BCUT2D eigenvalue weighted by Crippen LogP contribution is 2.19. The summed E-state index contributed by atoms with van der Waals surface area (Å²) < 4.78 is 5.10. The molecule has 0 N–H and O–H groups in total. The summed E-state index contributed by atoms with van der Waals surface area (Å²) in [7, 11) is 0. The van der Waals surface area contributed by atoms with Gasteiger partial charge in [-0.15, -0.1) is 0 Å². The Kier molecular flexibility index (Phi) is 8.98. The molecule has 1 fully saturated rings. The van der Waals surface area contributed by atoms with Crippen LogP contribution in [0.3, 0.4) is 0 Å². The molecule has 6 nitrogen and oxygen atoms in total. The molecular formula is C22H32N2O4. The zero-order chi connectivity index (χ0) is 20.4. The first-order chi connectivity index (χ1) is 13.5. The highest BCUT2D eigenvalue weighted by molar-refractivity contribution is 5.81. The zero-order valence-electron chi connectivity index (χ0n) is 17.1. The highest BCUT2D eigenvalue weighted by atomic mass is 16.5. The van der Waals surface area contributed by atoms with Crippen molar-refractivity contribution in [1.82, 2.24) is 9.80 Å². The summed E-state index contributed by atoms with van der Waals surface area (Å²) >= 11 is 0. The maximum Gasteiger partial charge on any atom is 0.310 e. The lowest BCUT2D eigenvalue weighted by molar-refractivity contribution is -0.151. The van der Waals surface area contributed by atoms with E-state index in [4.69, 9.17) is 4.74 Å². The Morgan fingerprint density at radius 3 is 2.57 bits per heavy atom. The third-order valence-corrected chi connectivity index (χ3v) is 5.03. The van der Waals surface area contributed by atoms with Crippen molar-refractivity contribution in [3.8, 4) is 0 Å². The molecule has 0 radical (unpaired) electrons. The molecule has 6 heteroatoms. The predicted octanol–water partition coefficient (Wildman–Crippen LogP) is 2.66. The molecule has 0 spiro atoms. The van der Waals surface area contributed by atoms with Crippen molar-refractivity contribution in [3.05, 3.63) is 35.9 Å². The van der Waals surface area contributed by atoms with Gasteiger partial charge >= 0.3 is 5.97 Å². The molecule has 1 aliphatic heterocycles. The van der Waals surface area contributed by atoms with Gasteiger partial charge in [0.05, 0.1) is 18.9 Å². The van der Waals surface area contributed by atoms with Crippen molar-refractivity contribution in [3.63, 3.8) is 0 Å². The van der Waals surface area contributed by atoms with Gasteiger partial charge in [0, 0.05) is 32.6 Å². The van der Waals surface area contributed by atoms with Crippen molar-refractivity contribution in [2.45, 2.75) is 46.0 Å². The summed E-state index contributed by atoms with van der Waals surface area (Å²) in [6.45, 7) is 6.32. The molecule has 154 valence electrons. The molecule has 28 heavy (non-hydrogen) atoms. The first-order valence-corrected chi connectivity index (χ1v) is 10.3. The molecule has 1 aliphatic rings. The second kappa shape index (κ2) is 11.5. The van der Waals surface area contributed by atoms with Crippen molar-refractivity contribution in [2.75, 3.05) is 32.8 Å². The summed E-state index contributed by atoms with van der Waals surface area (Å²) in [5, 5.41) is 0. The Morgan fingerprint density at radius 1 is 1.14 bits per heavy atom. The second-order valence-electron chi connectivity index (χ2n) is 7.22. The Balaban J connectivity index is 1.87. The molecule has 0 saturated carbocycles. The minimum Gasteiger partial charge on any atom is -0.466 e. The van der Waals surface area contributed by atoms with Crippen molar-refractivity contribution in [1.29, 1.82) is 0 Å². The molecular weight excluding hydrogens is 356 g/mol. The van der Waals surface area contributed by atoms with Crippen LogP contribution in [0.5, 0.6) is 0 Å². The molecule has 2 rings (SSSR count). The first kappa shape index (κ1) is 21.9. The van der Waals surface area contributed by atoms with Crippen LogP contribution < -0.4 is 0 Å². The molecule has 0 bridgehead atoms. The number of amides is 2. The standard InChI is InChI=1S/C22H32N2O4/c1-3-13-23(21(26)16-18-9-6-5-7-10-18)15-12-20(25)24-14-8-11-19(17-24)22(27)28-4-2/h5-7,9-10,19H,3-4,8,11-17H2,1-2H3. The molecule has 0 aromatic heterocycles. The van der Waals surface area contributed by atoms with Gasteiger partial charge in [0.25, 0.3) is 0 Å². The van der Waals surface area contributed by atoms with Crippen LogP contribution in [0.2, 0.25) is 0 Å². The lowest BCUT2D eigenvalue weighted by Crippen LogP contribution is -2.44. The minimum absolute atomic E-state index is 0.00242. The number of likely N-dealkylation sites (tertiary alicyclic amines) is 1. The zero-order valence-corrected chi connectivity index (χ0v) is 17.1. The van der Waals surface area contributed by atoms with E-state index < -0.39 is 0 Å². The number of nitrogens with zero attached hydrogens (tertiary/aromatic N) is 2. The Hall–Kier alpha value is -2.37. The van der Waals surface area contributed by atoms with Crippen molar-refractivity contribution in [2.24, 2.45) is 5.92 Å². The van der Waals surface area contributed by atoms with Crippen molar-refractivity contribution < 1.29 is 19.1 Å². The lowest BCUT2D eigenvalue weighted by atomic mass is 9.98. The summed E-state index contributed by atoms with van der Waals surface area (Å²) in [6.07, 6.45) is 3.06. The van der Waals surface area contributed by atoms with Crippen LogP contribution in [-0.2, 0) is 25.5 Å². The van der Waals surface area contributed by atoms with Gasteiger partial charge in [-0.3, -0.25) is 14.4 Å². The maximum absolute atomic E-state index is 12.6. The van der Waals surface area contributed by atoms with Gasteiger partial charge in [0.15, 0.2) is 0 Å². The van der Waals surface area contributed by atoms with E-state index >= 15 is 0 Å². The van der Waals surface area contributed by atoms with E-state index in [1.165, 1.54) is 0 Å². The number of ether oxygens (including phenoxy) is 1. The van der Waals surface area contributed by atoms with Gasteiger partial charge in [-0.2, -0.15) is 0 Å². The smallest absolute Gasteiger partial charge is 0.310 e. The van der Waals surface area contributed by atoms with Crippen LogP contribution in [-0.4, -0.2) is 60.4 Å². The van der Waals surface area contributed by atoms with E-state index in [0.29, 0.717) is 39.2 Å². The average Bonchev–Trinajstić information content (AvgIpc) is 2.71. The first-order valence-electron chi connectivity index (χ1n) is 10.3. The van der Waals surface area contributed by atoms with Gasteiger partial charge in [0.1, 0.15) is 0 Å². The molecule has 1 heterocycles. The number of piperidine rings is 1. The fourth-order valence-electron chi connectivity index (χ4n) is 3.56. The molecule has 1 saturated heterocycles. The summed E-state index contributed by atoms with van der Waals surface area (Å²) in [6, 6.07) is 9.66. The molecule has 1 atom stereocenters. The average molecular weight is 389 g/mol. The Morgan fingerprint density at radius 2 is 1.89 bits per heavy atom. The number of hydrogen-bond acceptors (Lipinski definition) is 4. The number of carbonyl (C=O) groups excluding carboxylic acids is 3. The Labute approximate surface area is 167 Å². The third-order valence-electron chi connectivity index (χ3n) is 5.03. The Bertz CT molecular complexity index is 647. The predicted molar refractivity (Wildman–Crippen MR) is 108 cm³/mol. The summed E-state index contributed by atoms with van der Waals surface area (Å²) in [5.74, 6) is -0.402. The van der Waals surface area contributed by atoms with Crippen LogP contribution in [0.25, 0.3) is 0 Å². The van der Waals surface area contributed by atoms with Crippen LogP contribution in [0, 0.1) is 5.92 Å². The molecule has 1 unspecified atom stereocenters. The number of rotatable bonds is 9. The molecule has 1 aromatic rings. The van der Waals surface area contributed by atoms with Crippen LogP contribution in [0.4, 0.5) is 0 Å².